The van der Waals surface area contributed by atoms with Gasteiger partial charge in [-0.25, -0.2) is 4.39 Å². The fourth-order valence-electron chi connectivity index (χ4n) is 1.53. The third kappa shape index (κ3) is 10.3. The van der Waals surface area contributed by atoms with Crippen molar-refractivity contribution in [2.75, 3.05) is 6.61 Å². The summed E-state index contributed by atoms with van der Waals surface area (Å²) in [6, 6.07) is 3.99. The van der Waals surface area contributed by atoms with Gasteiger partial charge in [0.05, 0.1) is 6.61 Å². The molecule has 0 N–H and O–H groups in total. The lowest BCUT2D eigenvalue weighted by atomic mass is 10.0. The minimum atomic E-state index is -0.899. The number of hydrogen-bond donors (Lipinski definition) is 0. The van der Waals surface area contributed by atoms with Crippen LogP contribution in [0.5, 0.6) is 5.75 Å². The molecule has 0 aliphatic rings. The summed E-state index contributed by atoms with van der Waals surface area (Å²) in [7, 11) is 0. The van der Waals surface area contributed by atoms with E-state index in [-0.39, 0.29) is 5.75 Å². The van der Waals surface area contributed by atoms with Crippen molar-refractivity contribution in [2.24, 2.45) is 11.8 Å². The average molecular weight is 302 g/mol. The van der Waals surface area contributed by atoms with E-state index in [0.29, 0.717) is 18.4 Å². The predicted octanol–water partition coefficient (Wildman–Crippen LogP) is 6.47. The Morgan fingerprint density at radius 3 is 2.05 bits per heavy atom. The Morgan fingerprint density at radius 2 is 1.52 bits per heavy atom. The molecule has 0 saturated carbocycles. The quantitative estimate of drug-likeness (QED) is 0.585. The minimum Gasteiger partial charge on any atom is -0.490 e. The molecule has 124 valence electrons. The largest absolute Gasteiger partial charge is 0.490 e. The van der Waals surface area contributed by atoms with E-state index >= 15 is 0 Å². The molecular formula is C18H32F2O. The molecule has 1 unspecified atom stereocenters. The SMILES string of the molecule is CC.CC.CC(C)CCC(C)COc1cccc(F)c1F. The number of rotatable bonds is 6. The van der Waals surface area contributed by atoms with E-state index in [1.54, 1.807) is 0 Å². The molecular weight excluding hydrogens is 270 g/mol. The number of hydrogen-bond acceptors (Lipinski definition) is 1. The molecule has 0 aliphatic heterocycles. The lowest BCUT2D eigenvalue weighted by Crippen LogP contribution is -2.10. The second kappa shape index (κ2) is 13.8. The summed E-state index contributed by atoms with van der Waals surface area (Å²) >= 11 is 0. The molecule has 1 aromatic rings. The molecule has 0 saturated heterocycles. The van der Waals surface area contributed by atoms with Gasteiger partial charge >= 0.3 is 0 Å². The van der Waals surface area contributed by atoms with Gasteiger partial charge in [0.25, 0.3) is 0 Å². The monoisotopic (exact) mass is 302 g/mol. The zero-order valence-electron chi connectivity index (χ0n) is 14.7. The van der Waals surface area contributed by atoms with Crippen molar-refractivity contribution in [3.8, 4) is 5.75 Å². The van der Waals surface area contributed by atoms with Crippen molar-refractivity contribution in [1.82, 2.24) is 0 Å². The Bertz CT molecular complexity index is 351. The highest BCUT2D eigenvalue weighted by molar-refractivity contribution is 5.24. The summed E-state index contributed by atoms with van der Waals surface area (Å²) in [6.45, 7) is 14.8. The summed E-state index contributed by atoms with van der Waals surface area (Å²) in [5.74, 6) is -0.759. The fourth-order valence-corrected chi connectivity index (χ4v) is 1.53. The molecule has 0 aliphatic carbocycles. The Labute approximate surface area is 129 Å². The first-order valence-corrected chi connectivity index (χ1v) is 8.07. The van der Waals surface area contributed by atoms with Gasteiger partial charge in [-0.15, -0.1) is 0 Å². The van der Waals surface area contributed by atoms with E-state index in [9.17, 15) is 8.78 Å². The first-order chi connectivity index (χ1) is 10.0. The lowest BCUT2D eigenvalue weighted by Gasteiger charge is -2.14. The maximum absolute atomic E-state index is 13.3. The van der Waals surface area contributed by atoms with E-state index in [4.69, 9.17) is 4.74 Å². The maximum atomic E-state index is 13.3. The van der Waals surface area contributed by atoms with Gasteiger partial charge in [0.15, 0.2) is 11.6 Å². The summed E-state index contributed by atoms with van der Waals surface area (Å²) in [5.41, 5.74) is 0. The second-order valence-electron chi connectivity index (χ2n) is 4.94. The van der Waals surface area contributed by atoms with Crippen molar-refractivity contribution in [3.63, 3.8) is 0 Å². The fraction of sp³-hybridized carbons (Fsp3) is 0.667. The summed E-state index contributed by atoms with van der Waals surface area (Å²) in [6.07, 6.45) is 2.16. The third-order valence-corrected chi connectivity index (χ3v) is 2.68. The van der Waals surface area contributed by atoms with Gasteiger partial charge in [-0.05, 0) is 30.4 Å². The molecule has 0 heterocycles. The van der Waals surface area contributed by atoms with E-state index in [0.717, 1.165) is 18.9 Å². The predicted molar refractivity (Wildman–Crippen MR) is 87.8 cm³/mol. The average Bonchev–Trinajstić information content (AvgIpc) is 2.50. The van der Waals surface area contributed by atoms with E-state index in [1.807, 2.05) is 27.7 Å². The van der Waals surface area contributed by atoms with Crippen LogP contribution < -0.4 is 4.74 Å². The van der Waals surface area contributed by atoms with Crippen LogP contribution in [0, 0.1) is 23.5 Å². The van der Waals surface area contributed by atoms with Crippen molar-refractivity contribution in [1.29, 1.82) is 0 Å². The van der Waals surface area contributed by atoms with Gasteiger partial charge in [0.1, 0.15) is 0 Å². The molecule has 3 heteroatoms. The van der Waals surface area contributed by atoms with Crippen LogP contribution in [0.25, 0.3) is 0 Å². The molecule has 0 radical (unpaired) electrons. The van der Waals surface area contributed by atoms with Gasteiger partial charge < -0.3 is 4.74 Å². The highest BCUT2D eigenvalue weighted by Gasteiger charge is 2.10. The van der Waals surface area contributed by atoms with E-state index in [2.05, 4.69) is 20.8 Å². The highest BCUT2D eigenvalue weighted by Crippen LogP contribution is 2.20. The molecule has 1 nitrogen and oxygen atoms in total. The molecule has 0 fully saturated rings. The maximum Gasteiger partial charge on any atom is 0.200 e. The van der Waals surface area contributed by atoms with Crippen LogP contribution in [0.15, 0.2) is 18.2 Å². The topological polar surface area (TPSA) is 9.23 Å². The van der Waals surface area contributed by atoms with E-state index in [1.165, 1.54) is 12.1 Å². The van der Waals surface area contributed by atoms with Crippen LogP contribution in [0.3, 0.4) is 0 Å². The summed E-state index contributed by atoms with van der Waals surface area (Å²) < 4.78 is 31.5. The van der Waals surface area contributed by atoms with Crippen LogP contribution in [0.2, 0.25) is 0 Å². The normalized spacial score (nSPS) is 11.0. The lowest BCUT2D eigenvalue weighted by molar-refractivity contribution is 0.233. The van der Waals surface area contributed by atoms with Crippen molar-refractivity contribution in [3.05, 3.63) is 29.8 Å². The minimum absolute atomic E-state index is 0.00129. The van der Waals surface area contributed by atoms with Crippen LogP contribution in [-0.2, 0) is 0 Å². The molecule has 0 bridgehead atoms. The van der Waals surface area contributed by atoms with E-state index < -0.39 is 11.6 Å². The van der Waals surface area contributed by atoms with Crippen molar-refractivity contribution >= 4 is 0 Å². The first-order valence-electron chi connectivity index (χ1n) is 8.07. The van der Waals surface area contributed by atoms with Gasteiger partial charge in [-0.2, -0.15) is 4.39 Å². The first kappa shape index (κ1) is 22.2. The highest BCUT2D eigenvalue weighted by atomic mass is 19.2. The van der Waals surface area contributed by atoms with Crippen LogP contribution in [0.1, 0.15) is 61.3 Å². The standard InChI is InChI=1S/C14H20F2O.2C2H6/c1-10(2)7-8-11(3)9-17-13-6-4-5-12(15)14(13)16;2*1-2/h4-6,10-11H,7-9H2,1-3H3;2*1-2H3. The summed E-state index contributed by atoms with van der Waals surface area (Å²) in [5, 5.41) is 0. The Balaban J connectivity index is 0. The zero-order chi connectivity index (χ0) is 16.8. The number of halogens is 2. The van der Waals surface area contributed by atoms with Crippen LogP contribution in [-0.4, -0.2) is 6.61 Å². The Hall–Kier alpha value is -1.12. The molecule has 0 aromatic heterocycles. The van der Waals surface area contributed by atoms with Crippen molar-refractivity contribution in [2.45, 2.75) is 61.3 Å². The molecule has 21 heavy (non-hydrogen) atoms. The molecule has 1 atom stereocenters. The smallest absolute Gasteiger partial charge is 0.200 e. The van der Waals surface area contributed by atoms with Gasteiger partial charge in [0, 0.05) is 0 Å². The van der Waals surface area contributed by atoms with Gasteiger partial charge in [0.2, 0.25) is 5.82 Å². The van der Waals surface area contributed by atoms with Crippen molar-refractivity contribution < 1.29 is 13.5 Å². The molecule has 1 aromatic carbocycles. The van der Waals surface area contributed by atoms with Crippen LogP contribution >= 0.6 is 0 Å². The number of ether oxygens (including phenoxy) is 1. The molecule has 1 rings (SSSR count). The zero-order valence-corrected chi connectivity index (χ0v) is 14.7. The second-order valence-corrected chi connectivity index (χ2v) is 4.94. The molecule has 0 amide bonds. The molecule has 0 spiro atoms. The van der Waals surface area contributed by atoms with Gasteiger partial charge in [-0.3, -0.25) is 0 Å². The van der Waals surface area contributed by atoms with Crippen LogP contribution in [0.4, 0.5) is 8.78 Å². The number of benzene rings is 1. The Morgan fingerprint density at radius 1 is 0.952 bits per heavy atom. The Kier molecular flexibility index (Phi) is 14.6. The third-order valence-electron chi connectivity index (χ3n) is 2.68. The van der Waals surface area contributed by atoms with Gasteiger partial charge in [-0.1, -0.05) is 61.0 Å². The summed E-state index contributed by atoms with van der Waals surface area (Å²) in [4.78, 5) is 0.